The summed E-state index contributed by atoms with van der Waals surface area (Å²) in [4.78, 5) is 1.64. The summed E-state index contributed by atoms with van der Waals surface area (Å²) in [6.07, 6.45) is 4.02. The predicted molar refractivity (Wildman–Crippen MR) is 87.9 cm³/mol. The maximum absolute atomic E-state index is 8.40. The van der Waals surface area contributed by atoms with Crippen LogP contribution in [0.5, 0.6) is 0 Å². The molecule has 100 valence electrons. The number of nitrogens with zero attached hydrogens (tertiary/aromatic N) is 1. The highest BCUT2D eigenvalue weighted by Gasteiger charge is 1.99. The Bertz CT molecular complexity index is 580. The lowest BCUT2D eigenvalue weighted by atomic mass is 10.4. The van der Waals surface area contributed by atoms with Crippen molar-refractivity contribution in [3.8, 4) is 6.07 Å². The van der Waals surface area contributed by atoms with Crippen LogP contribution in [-0.4, -0.2) is 18.3 Å². The van der Waals surface area contributed by atoms with Crippen molar-refractivity contribution in [2.75, 3.05) is 12.5 Å². The van der Waals surface area contributed by atoms with E-state index in [0.717, 1.165) is 9.75 Å². The van der Waals surface area contributed by atoms with Gasteiger partial charge in [0.05, 0.1) is 13.3 Å². The number of nitriles is 1. The highest BCUT2D eigenvalue weighted by atomic mass is 32.2. The summed E-state index contributed by atoms with van der Waals surface area (Å²) in [7, 11) is 0. The summed E-state index contributed by atoms with van der Waals surface area (Å²) >= 11 is 6.43. The molecular formula is C12H13N3S4. The first kappa shape index (κ1) is 16.1. The summed E-state index contributed by atoms with van der Waals surface area (Å²) in [5.74, 6) is 0.158. The van der Waals surface area contributed by atoms with Crippen LogP contribution >= 0.6 is 46.2 Å². The smallest absolute Gasteiger partial charge is 0.133 e. The average Bonchev–Trinajstić information content (AvgIpc) is 3.08. The molecule has 3 nitrogen and oxygen atoms in total. The van der Waals surface area contributed by atoms with E-state index in [0.29, 0.717) is 0 Å². The molecule has 2 rings (SSSR count). The van der Waals surface area contributed by atoms with Gasteiger partial charge in [-0.2, -0.15) is 5.26 Å². The zero-order chi connectivity index (χ0) is 14.3. The van der Waals surface area contributed by atoms with Crippen LogP contribution in [0.25, 0.3) is 0 Å². The molecule has 3 N–H and O–H groups in total. The van der Waals surface area contributed by atoms with E-state index in [2.05, 4.69) is 6.07 Å². The SMILES string of the molecule is CSc1ccc(C#N)s1.CSc1ccc(C(=N)N)s1. The Morgan fingerprint density at radius 2 is 1.74 bits per heavy atom. The first-order valence-corrected chi connectivity index (χ1v) is 9.21. The summed E-state index contributed by atoms with van der Waals surface area (Å²) in [5, 5.41) is 15.5. The van der Waals surface area contributed by atoms with Crippen molar-refractivity contribution >= 4 is 52.0 Å². The molecule has 2 heterocycles. The van der Waals surface area contributed by atoms with E-state index in [-0.39, 0.29) is 5.84 Å². The normalized spacial score (nSPS) is 9.32. The predicted octanol–water partition coefficient (Wildman–Crippen LogP) is 4.10. The number of nitrogen functional groups attached to an aromatic ring is 1. The van der Waals surface area contributed by atoms with Gasteiger partial charge >= 0.3 is 0 Å². The fourth-order valence-corrected chi connectivity index (χ4v) is 3.81. The van der Waals surface area contributed by atoms with E-state index in [4.69, 9.17) is 16.4 Å². The van der Waals surface area contributed by atoms with Crippen molar-refractivity contribution < 1.29 is 0 Å². The molecule has 0 fully saturated rings. The molecule has 0 amide bonds. The Kier molecular flexibility index (Phi) is 7.02. The molecule has 0 atom stereocenters. The number of rotatable bonds is 3. The monoisotopic (exact) mass is 327 g/mol. The molecule has 0 aliphatic carbocycles. The van der Waals surface area contributed by atoms with Crippen molar-refractivity contribution in [1.82, 2.24) is 0 Å². The minimum atomic E-state index is 0.158. The van der Waals surface area contributed by atoms with Gasteiger partial charge in [-0.15, -0.1) is 46.2 Å². The van der Waals surface area contributed by atoms with Gasteiger partial charge in [-0.25, -0.2) is 0 Å². The molecular weight excluding hydrogens is 314 g/mol. The van der Waals surface area contributed by atoms with Gasteiger partial charge in [-0.1, -0.05) is 0 Å². The topological polar surface area (TPSA) is 73.7 Å². The Hall–Kier alpha value is -0.940. The second kappa shape index (κ2) is 8.27. The van der Waals surface area contributed by atoms with Crippen molar-refractivity contribution in [1.29, 1.82) is 10.7 Å². The zero-order valence-electron chi connectivity index (χ0n) is 10.5. The quantitative estimate of drug-likeness (QED) is 0.506. The summed E-state index contributed by atoms with van der Waals surface area (Å²) in [6, 6.07) is 9.75. The van der Waals surface area contributed by atoms with Gasteiger partial charge in [0, 0.05) is 0 Å². The Morgan fingerprint density at radius 1 is 1.16 bits per heavy atom. The van der Waals surface area contributed by atoms with Crippen LogP contribution in [0, 0.1) is 16.7 Å². The van der Waals surface area contributed by atoms with Crippen LogP contribution < -0.4 is 5.73 Å². The number of hydrogen-bond acceptors (Lipinski definition) is 6. The average molecular weight is 328 g/mol. The largest absolute Gasteiger partial charge is 0.383 e. The molecule has 2 aromatic rings. The van der Waals surface area contributed by atoms with Crippen molar-refractivity contribution in [2.24, 2.45) is 5.73 Å². The second-order valence-electron chi connectivity index (χ2n) is 3.17. The first-order valence-electron chi connectivity index (χ1n) is 5.12. The van der Waals surface area contributed by atoms with Crippen molar-refractivity contribution in [3.05, 3.63) is 34.0 Å². The summed E-state index contributed by atoms with van der Waals surface area (Å²) in [5.41, 5.74) is 5.27. The van der Waals surface area contributed by atoms with E-state index >= 15 is 0 Å². The molecule has 0 bridgehead atoms. The molecule has 0 unspecified atom stereocenters. The second-order valence-corrected chi connectivity index (χ2v) is 7.55. The lowest BCUT2D eigenvalue weighted by Crippen LogP contribution is -2.08. The molecule has 19 heavy (non-hydrogen) atoms. The van der Waals surface area contributed by atoms with E-state index in [1.165, 1.54) is 19.8 Å². The number of hydrogen-bond donors (Lipinski definition) is 2. The fraction of sp³-hybridized carbons (Fsp3) is 0.167. The van der Waals surface area contributed by atoms with Gasteiger partial charge < -0.3 is 5.73 Å². The van der Waals surface area contributed by atoms with Crippen LogP contribution in [0.1, 0.15) is 9.75 Å². The molecule has 0 spiro atoms. The van der Waals surface area contributed by atoms with Gasteiger partial charge in [0.1, 0.15) is 16.8 Å². The molecule has 0 saturated carbocycles. The van der Waals surface area contributed by atoms with Crippen LogP contribution in [-0.2, 0) is 0 Å². The van der Waals surface area contributed by atoms with E-state index in [9.17, 15) is 0 Å². The molecule has 0 aliphatic heterocycles. The fourth-order valence-electron chi connectivity index (χ4n) is 1.06. The first-order chi connectivity index (χ1) is 9.10. The Labute approximate surface area is 129 Å². The number of thioether (sulfide) groups is 2. The van der Waals surface area contributed by atoms with Crippen LogP contribution in [0.4, 0.5) is 0 Å². The molecule has 7 heteroatoms. The lowest BCUT2D eigenvalue weighted by molar-refractivity contribution is 1.45. The standard InChI is InChI=1S/C6H8N2S2.C6H5NS2/c1-9-5-3-2-4(10-5)6(7)8;1-8-6-3-2-5(4-7)9-6/h2-3H,1H3,(H3,7,8);2-3H,1H3. The molecule has 0 saturated heterocycles. The van der Waals surface area contributed by atoms with Crippen molar-refractivity contribution in [3.63, 3.8) is 0 Å². The van der Waals surface area contributed by atoms with Gasteiger partial charge in [-0.05, 0) is 36.8 Å². The van der Waals surface area contributed by atoms with Gasteiger partial charge in [0.15, 0.2) is 0 Å². The van der Waals surface area contributed by atoms with Crippen LogP contribution in [0.15, 0.2) is 32.7 Å². The maximum atomic E-state index is 8.40. The van der Waals surface area contributed by atoms with E-state index in [1.54, 1.807) is 34.9 Å². The molecule has 0 aromatic carbocycles. The highest BCUT2D eigenvalue weighted by Crippen LogP contribution is 2.24. The van der Waals surface area contributed by atoms with E-state index in [1.807, 2.05) is 36.8 Å². The third-order valence-electron chi connectivity index (χ3n) is 1.94. The van der Waals surface area contributed by atoms with Crippen LogP contribution in [0.3, 0.4) is 0 Å². The molecule has 0 radical (unpaired) electrons. The molecule has 2 aromatic heterocycles. The number of nitrogens with two attached hydrogens (primary N) is 1. The highest BCUT2D eigenvalue weighted by molar-refractivity contribution is 8.00. The van der Waals surface area contributed by atoms with Gasteiger partial charge in [0.2, 0.25) is 0 Å². The minimum absolute atomic E-state index is 0.158. The van der Waals surface area contributed by atoms with Crippen LogP contribution in [0.2, 0.25) is 0 Å². The zero-order valence-corrected chi connectivity index (χ0v) is 13.7. The lowest BCUT2D eigenvalue weighted by Gasteiger charge is -1.87. The van der Waals surface area contributed by atoms with Gasteiger partial charge in [0.25, 0.3) is 0 Å². The van der Waals surface area contributed by atoms with Crippen molar-refractivity contribution in [2.45, 2.75) is 8.42 Å². The summed E-state index contributed by atoms with van der Waals surface area (Å²) in [6.45, 7) is 0. The van der Waals surface area contributed by atoms with Gasteiger partial charge in [-0.3, -0.25) is 5.41 Å². The molecule has 0 aliphatic rings. The number of nitrogens with one attached hydrogen (secondary N) is 1. The minimum Gasteiger partial charge on any atom is -0.383 e. The summed E-state index contributed by atoms with van der Waals surface area (Å²) < 4.78 is 2.40. The third-order valence-corrected chi connectivity index (χ3v) is 6.22. The maximum Gasteiger partial charge on any atom is 0.133 e. The Balaban J connectivity index is 0.000000191. The number of thiophene rings is 2. The Morgan fingerprint density at radius 3 is 2.05 bits per heavy atom. The number of amidine groups is 1. The van der Waals surface area contributed by atoms with E-state index < -0.39 is 0 Å². The third kappa shape index (κ3) is 5.28.